The largest absolute Gasteiger partial charge is 0.294 e. The van der Waals surface area contributed by atoms with E-state index in [0.29, 0.717) is 5.69 Å². The Labute approximate surface area is 88.0 Å². The third-order valence-electron chi connectivity index (χ3n) is 1.98. The van der Waals surface area contributed by atoms with Gasteiger partial charge in [0, 0.05) is 11.8 Å². The van der Waals surface area contributed by atoms with Crippen molar-refractivity contribution in [2.75, 3.05) is 5.43 Å². The van der Waals surface area contributed by atoms with E-state index in [-0.39, 0.29) is 5.69 Å². The first-order chi connectivity index (χ1) is 7.15. The molecule has 0 saturated carbocycles. The van der Waals surface area contributed by atoms with Gasteiger partial charge in [-0.1, -0.05) is 19.1 Å². The summed E-state index contributed by atoms with van der Waals surface area (Å²) in [5.74, 6) is 0. The minimum atomic E-state index is -0.431. The van der Waals surface area contributed by atoms with Crippen molar-refractivity contribution >= 4 is 17.1 Å². The number of nitrogens with zero attached hydrogens (tertiary/aromatic N) is 2. The second kappa shape index (κ2) is 5.09. The molecule has 0 bridgehead atoms. The highest BCUT2D eigenvalue weighted by molar-refractivity contribution is 5.82. The lowest BCUT2D eigenvalue weighted by Gasteiger charge is -2.02. The molecule has 0 radical (unpaired) electrons. The van der Waals surface area contributed by atoms with Gasteiger partial charge in [0.25, 0.3) is 5.69 Å². The zero-order valence-electron chi connectivity index (χ0n) is 8.73. The highest BCUT2D eigenvalue weighted by atomic mass is 16.6. The van der Waals surface area contributed by atoms with E-state index in [0.717, 1.165) is 12.1 Å². The van der Waals surface area contributed by atoms with Crippen LogP contribution < -0.4 is 5.43 Å². The molecule has 0 atom stereocenters. The van der Waals surface area contributed by atoms with E-state index >= 15 is 0 Å². The molecular formula is C10H13N3O2. The molecule has 0 aromatic heterocycles. The molecule has 1 aromatic carbocycles. The van der Waals surface area contributed by atoms with Gasteiger partial charge in [-0.2, -0.15) is 5.10 Å². The topological polar surface area (TPSA) is 67.5 Å². The van der Waals surface area contributed by atoms with Crippen LogP contribution in [0.25, 0.3) is 0 Å². The molecule has 5 nitrogen and oxygen atoms in total. The van der Waals surface area contributed by atoms with Crippen molar-refractivity contribution in [1.82, 2.24) is 0 Å². The molecule has 1 aromatic rings. The van der Waals surface area contributed by atoms with Crippen LogP contribution in [-0.4, -0.2) is 10.6 Å². The van der Waals surface area contributed by atoms with Crippen LogP contribution in [0.4, 0.5) is 11.4 Å². The summed E-state index contributed by atoms with van der Waals surface area (Å²) in [4.78, 5) is 10.2. The summed E-state index contributed by atoms with van der Waals surface area (Å²) in [7, 11) is 0. The minimum absolute atomic E-state index is 0.0325. The maximum atomic E-state index is 10.7. The Bertz CT molecular complexity index is 388. The van der Waals surface area contributed by atoms with Crippen molar-refractivity contribution in [2.45, 2.75) is 20.3 Å². The number of para-hydroxylation sites is 2. The van der Waals surface area contributed by atoms with E-state index in [9.17, 15) is 10.1 Å². The van der Waals surface area contributed by atoms with Crippen molar-refractivity contribution in [3.63, 3.8) is 0 Å². The van der Waals surface area contributed by atoms with Gasteiger partial charge in [-0.3, -0.25) is 15.5 Å². The van der Waals surface area contributed by atoms with Gasteiger partial charge in [0.1, 0.15) is 5.69 Å². The van der Waals surface area contributed by atoms with Gasteiger partial charge in [0.05, 0.1) is 4.92 Å². The van der Waals surface area contributed by atoms with Crippen molar-refractivity contribution in [3.8, 4) is 0 Å². The number of nitro groups is 1. The number of hydrogen-bond acceptors (Lipinski definition) is 4. The monoisotopic (exact) mass is 207 g/mol. The van der Waals surface area contributed by atoms with E-state index in [1.165, 1.54) is 6.07 Å². The Kier molecular flexibility index (Phi) is 3.79. The summed E-state index contributed by atoms with van der Waals surface area (Å²) in [6, 6.07) is 6.43. The number of anilines is 1. The summed E-state index contributed by atoms with van der Waals surface area (Å²) in [5, 5.41) is 14.7. The second-order valence-electron chi connectivity index (χ2n) is 3.09. The lowest BCUT2D eigenvalue weighted by atomic mass is 10.3. The van der Waals surface area contributed by atoms with Crippen LogP contribution in [-0.2, 0) is 0 Å². The van der Waals surface area contributed by atoms with E-state index in [4.69, 9.17) is 0 Å². The molecule has 0 unspecified atom stereocenters. The lowest BCUT2D eigenvalue weighted by molar-refractivity contribution is -0.384. The first kappa shape index (κ1) is 11.2. The van der Waals surface area contributed by atoms with Crippen molar-refractivity contribution < 1.29 is 4.92 Å². The Morgan fingerprint density at radius 1 is 1.53 bits per heavy atom. The molecule has 0 aliphatic carbocycles. The zero-order valence-corrected chi connectivity index (χ0v) is 8.73. The molecule has 80 valence electrons. The lowest BCUT2D eigenvalue weighted by Crippen LogP contribution is -1.99. The molecule has 1 rings (SSSR count). The summed E-state index contributed by atoms with van der Waals surface area (Å²) in [6.45, 7) is 3.84. The normalized spacial score (nSPS) is 11.2. The first-order valence-corrected chi connectivity index (χ1v) is 4.67. The average Bonchev–Trinajstić information content (AvgIpc) is 2.26. The van der Waals surface area contributed by atoms with Gasteiger partial charge in [0.15, 0.2) is 0 Å². The second-order valence-corrected chi connectivity index (χ2v) is 3.09. The molecule has 0 heterocycles. The fourth-order valence-corrected chi connectivity index (χ4v) is 0.962. The predicted octanol–water partition coefficient (Wildman–Crippen LogP) is 2.79. The summed E-state index contributed by atoms with van der Waals surface area (Å²) >= 11 is 0. The Hall–Kier alpha value is -1.91. The maximum Gasteiger partial charge on any atom is 0.294 e. The average molecular weight is 207 g/mol. The van der Waals surface area contributed by atoms with Gasteiger partial charge >= 0.3 is 0 Å². The third-order valence-corrected chi connectivity index (χ3v) is 1.98. The van der Waals surface area contributed by atoms with Crippen LogP contribution in [0.1, 0.15) is 20.3 Å². The maximum absolute atomic E-state index is 10.7. The van der Waals surface area contributed by atoms with Gasteiger partial charge in [0.2, 0.25) is 0 Å². The number of nitro benzene ring substituents is 1. The fourth-order valence-electron chi connectivity index (χ4n) is 0.962. The fraction of sp³-hybridized carbons (Fsp3) is 0.300. The highest BCUT2D eigenvalue weighted by Crippen LogP contribution is 2.22. The molecule has 0 aliphatic heterocycles. The van der Waals surface area contributed by atoms with E-state index in [1.54, 1.807) is 18.2 Å². The van der Waals surface area contributed by atoms with Crippen LogP contribution in [0.2, 0.25) is 0 Å². The van der Waals surface area contributed by atoms with Crippen LogP contribution in [0.3, 0.4) is 0 Å². The number of hydrazone groups is 1. The van der Waals surface area contributed by atoms with Gasteiger partial charge in [-0.25, -0.2) is 0 Å². The smallest absolute Gasteiger partial charge is 0.272 e. The minimum Gasteiger partial charge on any atom is -0.272 e. The van der Waals surface area contributed by atoms with Crippen LogP contribution in [0.5, 0.6) is 0 Å². The predicted molar refractivity (Wildman–Crippen MR) is 60.1 cm³/mol. The number of nitrogens with one attached hydrogen (secondary N) is 1. The molecular weight excluding hydrogens is 194 g/mol. The molecule has 0 fully saturated rings. The Morgan fingerprint density at radius 3 is 2.80 bits per heavy atom. The Balaban J connectivity index is 2.90. The Morgan fingerprint density at radius 2 is 2.20 bits per heavy atom. The molecule has 5 heteroatoms. The number of rotatable bonds is 4. The van der Waals surface area contributed by atoms with Gasteiger partial charge < -0.3 is 0 Å². The van der Waals surface area contributed by atoms with E-state index in [1.807, 2.05) is 13.8 Å². The standard InChI is InChI=1S/C10H13N3O2/c1-3-8(2)11-12-9-6-4-5-7-10(9)13(14)15/h4-7,12H,3H2,1-2H3/b11-8+. The van der Waals surface area contributed by atoms with Crippen LogP contribution in [0, 0.1) is 10.1 Å². The SMILES string of the molecule is CC/C(C)=N/Nc1ccccc1[N+](=O)[O-]. The summed E-state index contributed by atoms with van der Waals surface area (Å²) in [6.07, 6.45) is 0.813. The summed E-state index contributed by atoms with van der Waals surface area (Å²) in [5.41, 5.74) is 4.03. The van der Waals surface area contributed by atoms with Gasteiger partial charge in [-0.05, 0) is 19.4 Å². The molecule has 0 aliphatic rings. The van der Waals surface area contributed by atoms with Crippen molar-refractivity contribution in [3.05, 3.63) is 34.4 Å². The molecule has 0 amide bonds. The van der Waals surface area contributed by atoms with Crippen LogP contribution >= 0.6 is 0 Å². The number of hydrogen-bond donors (Lipinski definition) is 1. The molecule has 15 heavy (non-hydrogen) atoms. The molecule has 1 N–H and O–H groups in total. The van der Waals surface area contributed by atoms with Crippen molar-refractivity contribution in [1.29, 1.82) is 0 Å². The first-order valence-electron chi connectivity index (χ1n) is 4.67. The van der Waals surface area contributed by atoms with Crippen molar-refractivity contribution in [2.24, 2.45) is 5.10 Å². The quantitative estimate of drug-likeness (QED) is 0.469. The summed E-state index contributed by atoms with van der Waals surface area (Å²) < 4.78 is 0. The van der Waals surface area contributed by atoms with Gasteiger partial charge in [-0.15, -0.1) is 0 Å². The highest BCUT2D eigenvalue weighted by Gasteiger charge is 2.10. The van der Waals surface area contributed by atoms with Crippen LogP contribution in [0.15, 0.2) is 29.4 Å². The number of benzene rings is 1. The van der Waals surface area contributed by atoms with E-state index in [2.05, 4.69) is 10.5 Å². The molecule has 0 spiro atoms. The molecule has 0 saturated heterocycles. The third kappa shape index (κ3) is 3.05. The van der Waals surface area contributed by atoms with E-state index < -0.39 is 4.92 Å². The zero-order chi connectivity index (χ0) is 11.3.